The van der Waals surface area contributed by atoms with Gasteiger partial charge >= 0.3 is 0 Å². The van der Waals surface area contributed by atoms with Crippen LogP contribution in [0.1, 0.15) is 5.56 Å². The second kappa shape index (κ2) is 6.20. The van der Waals surface area contributed by atoms with Gasteiger partial charge in [0.15, 0.2) is 0 Å². The number of aromatic nitrogens is 2. The first-order valence-electron chi connectivity index (χ1n) is 6.22. The lowest BCUT2D eigenvalue weighted by Crippen LogP contribution is -1.81. The van der Waals surface area contributed by atoms with Gasteiger partial charge in [-0.15, -0.1) is 10.2 Å². The van der Waals surface area contributed by atoms with E-state index >= 15 is 0 Å². The van der Waals surface area contributed by atoms with Gasteiger partial charge in [-0.05, 0) is 23.8 Å². The molecule has 106 valence electrons. The lowest BCUT2D eigenvalue weighted by molar-refractivity contribution is 0.452. The van der Waals surface area contributed by atoms with Crippen LogP contribution in [-0.4, -0.2) is 15.3 Å². The van der Waals surface area contributed by atoms with Gasteiger partial charge in [0.2, 0.25) is 0 Å². The molecule has 1 heterocycles. The molecule has 0 aliphatic heterocycles. The Hall–Kier alpha value is -1.98. The zero-order chi connectivity index (χ0) is 14.7. The Bertz CT molecular complexity index is 761. The minimum Gasteiger partial charge on any atom is -0.507 e. The topological polar surface area (TPSA) is 59.2 Å². The van der Waals surface area contributed by atoms with Crippen molar-refractivity contribution in [3.05, 3.63) is 59.1 Å². The summed E-state index contributed by atoms with van der Waals surface area (Å²) in [6.45, 7) is 0. The molecule has 0 saturated heterocycles. The van der Waals surface area contributed by atoms with E-state index < -0.39 is 0 Å². The SMILES string of the molecule is Oc1ccccc1-c1nnc(SCc2ccccc2Cl)o1. The van der Waals surface area contributed by atoms with Crippen molar-refractivity contribution in [1.29, 1.82) is 0 Å². The summed E-state index contributed by atoms with van der Waals surface area (Å²) in [7, 11) is 0. The van der Waals surface area contributed by atoms with Crippen LogP contribution < -0.4 is 0 Å². The number of para-hydroxylation sites is 1. The lowest BCUT2D eigenvalue weighted by Gasteiger charge is -2.00. The molecule has 0 fully saturated rings. The Kier molecular flexibility index (Phi) is 4.13. The molecule has 2 aromatic carbocycles. The van der Waals surface area contributed by atoms with Crippen LogP contribution >= 0.6 is 23.4 Å². The highest BCUT2D eigenvalue weighted by Crippen LogP contribution is 2.31. The van der Waals surface area contributed by atoms with Crippen molar-refractivity contribution in [2.45, 2.75) is 11.0 Å². The Labute approximate surface area is 130 Å². The minimum absolute atomic E-state index is 0.115. The molecule has 21 heavy (non-hydrogen) atoms. The molecule has 3 rings (SSSR count). The van der Waals surface area contributed by atoms with Gasteiger partial charge in [0.25, 0.3) is 11.1 Å². The number of benzene rings is 2. The van der Waals surface area contributed by atoms with E-state index in [1.807, 2.05) is 24.3 Å². The number of nitrogens with zero attached hydrogens (tertiary/aromatic N) is 2. The van der Waals surface area contributed by atoms with Crippen molar-refractivity contribution in [2.75, 3.05) is 0 Å². The fourth-order valence-electron chi connectivity index (χ4n) is 1.79. The number of hydrogen-bond acceptors (Lipinski definition) is 5. The third-order valence-electron chi connectivity index (χ3n) is 2.85. The van der Waals surface area contributed by atoms with E-state index in [2.05, 4.69) is 10.2 Å². The highest BCUT2D eigenvalue weighted by molar-refractivity contribution is 7.98. The number of hydrogen-bond donors (Lipinski definition) is 1. The monoisotopic (exact) mass is 318 g/mol. The summed E-state index contributed by atoms with van der Waals surface area (Å²) in [5, 5.41) is 18.8. The quantitative estimate of drug-likeness (QED) is 0.723. The molecule has 4 nitrogen and oxygen atoms in total. The van der Waals surface area contributed by atoms with E-state index in [1.165, 1.54) is 11.8 Å². The van der Waals surface area contributed by atoms with Gasteiger partial charge in [0.05, 0.1) is 5.56 Å². The second-order valence-electron chi connectivity index (χ2n) is 4.27. The van der Waals surface area contributed by atoms with Gasteiger partial charge in [-0.2, -0.15) is 0 Å². The van der Waals surface area contributed by atoms with Crippen molar-refractivity contribution < 1.29 is 9.52 Å². The first-order valence-corrected chi connectivity index (χ1v) is 7.58. The summed E-state index contributed by atoms with van der Waals surface area (Å²) in [6, 6.07) is 14.5. The Morgan fingerprint density at radius 2 is 1.81 bits per heavy atom. The molecule has 0 aliphatic rings. The molecular formula is C15H11ClN2O2S. The summed E-state index contributed by atoms with van der Waals surface area (Å²) in [4.78, 5) is 0. The largest absolute Gasteiger partial charge is 0.507 e. The van der Waals surface area contributed by atoms with Crippen molar-refractivity contribution >= 4 is 23.4 Å². The number of halogens is 1. The Balaban J connectivity index is 1.74. The number of aromatic hydroxyl groups is 1. The van der Waals surface area contributed by atoms with Gasteiger partial charge in [-0.3, -0.25) is 0 Å². The average molecular weight is 319 g/mol. The first-order chi connectivity index (χ1) is 10.2. The van der Waals surface area contributed by atoms with Crippen molar-refractivity contribution in [3.63, 3.8) is 0 Å². The van der Waals surface area contributed by atoms with Gasteiger partial charge < -0.3 is 9.52 Å². The number of phenolic OH excluding ortho intramolecular Hbond substituents is 1. The summed E-state index contributed by atoms with van der Waals surface area (Å²) >= 11 is 7.50. The molecule has 0 radical (unpaired) electrons. The highest BCUT2D eigenvalue weighted by Gasteiger charge is 2.12. The van der Waals surface area contributed by atoms with Crippen LogP contribution in [0.5, 0.6) is 5.75 Å². The zero-order valence-electron chi connectivity index (χ0n) is 10.9. The number of thioether (sulfide) groups is 1. The molecule has 0 bridgehead atoms. The van der Waals surface area contributed by atoms with Crippen molar-refractivity contribution in [1.82, 2.24) is 10.2 Å². The third-order valence-corrected chi connectivity index (χ3v) is 4.09. The predicted molar refractivity (Wildman–Crippen MR) is 82.4 cm³/mol. The maximum absolute atomic E-state index is 9.77. The molecule has 0 saturated carbocycles. The van der Waals surface area contributed by atoms with E-state index in [1.54, 1.807) is 24.3 Å². The van der Waals surface area contributed by atoms with E-state index in [4.69, 9.17) is 16.0 Å². The van der Waals surface area contributed by atoms with Gasteiger partial charge in [0.1, 0.15) is 5.75 Å². The summed E-state index contributed by atoms with van der Waals surface area (Å²) in [6.07, 6.45) is 0. The molecule has 1 aromatic heterocycles. The smallest absolute Gasteiger partial charge is 0.277 e. The van der Waals surface area contributed by atoms with Gasteiger partial charge in [-0.1, -0.05) is 53.7 Å². The summed E-state index contributed by atoms with van der Waals surface area (Å²) < 4.78 is 5.55. The van der Waals surface area contributed by atoms with Crippen LogP contribution in [0.2, 0.25) is 5.02 Å². The van der Waals surface area contributed by atoms with E-state index in [-0.39, 0.29) is 5.75 Å². The van der Waals surface area contributed by atoms with Crippen LogP contribution in [-0.2, 0) is 5.75 Å². The molecular weight excluding hydrogens is 308 g/mol. The molecule has 0 amide bonds. The van der Waals surface area contributed by atoms with E-state index in [0.29, 0.717) is 27.5 Å². The highest BCUT2D eigenvalue weighted by atomic mass is 35.5. The van der Waals surface area contributed by atoms with E-state index in [9.17, 15) is 5.11 Å². The van der Waals surface area contributed by atoms with Crippen molar-refractivity contribution in [3.8, 4) is 17.2 Å². The lowest BCUT2D eigenvalue weighted by atomic mass is 10.2. The molecule has 0 aliphatic carbocycles. The fourth-order valence-corrected chi connectivity index (χ4v) is 2.84. The van der Waals surface area contributed by atoms with Crippen LogP contribution in [0, 0.1) is 0 Å². The maximum Gasteiger partial charge on any atom is 0.277 e. The van der Waals surface area contributed by atoms with Crippen LogP contribution in [0.4, 0.5) is 0 Å². The molecule has 1 N–H and O–H groups in total. The standard InChI is InChI=1S/C15H11ClN2O2S/c16-12-7-3-1-5-10(12)9-21-15-18-17-14(20-15)11-6-2-4-8-13(11)19/h1-8,19H,9H2. The average Bonchev–Trinajstić information content (AvgIpc) is 2.96. The Morgan fingerprint density at radius 3 is 2.62 bits per heavy atom. The van der Waals surface area contributed by atoms with Gasteiger partial charge in [0, 0.05) is 10.8 Å². The normalized spacial score (nSPS) is 10.7. The molecule has 6 heteroatoms. The number of rotatable bonds is 4. The fraction of sp³-hybridized carbons (Fsp3) is 0.0667. The third kappa shape index (κ3) is 3.20. The molecule has 0 atom stereocenters. The van der Waals surface area contributed by atoms with Crippen LogP contribution in [0.3, 0.4) is 0 Å². The summed E-state index contributed by atoms with van der Waals surface area (Å²) in [5.41, 5.74) is 1.53. The molecule has 0 unspecified atom stereocenters. The first kappa shape index (κ1) is 14.0. The number of phenols is 1. The van der Waals surface area contributed by atoms with Crippen molar-refractivity contribution in [2.24, 2.45) is 0 Å². The van der Waals surface area contributed by atoms with Gasteiger partial charge in [-0.25, -0.2) is 0 Å². The maximum atomic E-state index is 9.77. The van der Waals surface area contributed by atoms with E-state index in [0.717, 1.165) is 5.56 Å². The zero-order valence-corrected chi connectivity index (χ0v) is 12.4. The molecule has 0 spiro atoms. The summed E-state index contributed by atoms with van der Waals surface area (Å²) in [5.74, 6) is 1.06. The van der Waals surface area contributed by atoms with Crippen LogP contribution in [0.15, 0.2) is 58.2 Å². The van der Waals surface area contributed by atoms with Crippen LogP contribution in [0.25, 0.3) is 11.5 Å². The predicted octanol–water partition coefficient (Wildman–Crippen LogP) is 4.39. The molecule has 3 aromatic rings. The second-order valence-corrected chi connectivity index (χ2v) is 5.60. The minimum atomic E-state index is 0.115. The Morgan fingerprint density at radius 1 is 1.05 bits per heavy atom.